The molecule has 1 aromatic heterocycles. The molecule has 1 aliphatic heterocycles. The minimum Gasteiger partial charge on any atom is -0.487 e. The molecule has 160 valence electrons. The van der Waals surface area contributed by atoms with Gasteiger partial charge >= 0.3 is 0 Å². The van der Waals surface area contributed by atoms with Gasteiger partial charge in [-0.25, -0.2) is 4.68 Å². The predicted octanol–water partition coefficient (Wildman–Crippen LogP) is 4.30. The zero-order chi connectivity index (χ0) is 21.4. The Kier molecular flexibility index (Phi) is 5.00. The van der Waals surface area contributed by atoms with E-state index in [-0.39, 0.29) is 23.1 Å². The zero-order valence-electron chi connectivity index (χ0n) is 17.7. The van der Waals surface area contributed by atoms with Gasteiger partial charge in [-0.1, -0.05) is 42.8 Å². The molecule has 5 rings (SSSR count). The Balaban J connectivity index is 1.43. The number of para-hydroxylation sites is 1. The Labute approximate surface area is 181 Å². The van der Waals surface area contributed by atoms with Crippen LogP contribution in [0.1, 0.15) is 63.1 Å². The minimum atomic E-state index is -0.714. The van der Waals surface area contributed by atoms with Gasteiger partial charge in [-0.3, -0.25) is 9.59 Å². The summed E-state index contributed by atoms with van der Waals surface area (Å²) in [5.41, 5.74) is 0.529. The maximum atomic E-state index is 13.2. The van der Waals surface area contributed by atoms with E-state index in [1.165, 1.54) is 11.1 Å². The summed E-state index contributed by atoms with van der Waals surface area (Å²) in [7, 11) is 0. The van der Waals surface area contributed by atoms with Crippen molar-refractivity contribution in [2.45, 2.75) is 63.1 Å². The first-order valence-corrected chi connectivity index (χ1v) is 11.1. The van der Waals surface area contributed by atoms with E-state index in [0.29, 0.717) is 5.39 Å². The van der Waals surface area contributed by atoms with Crippen LogP contribution in [-0.2, 0) is 4.79 Å². The fourth-order valence-electron chi connectivity index (χ4n) is 5.03. The van der Waals surface area contributed by atoms with Crippen molar-refractivity contribution in [3.8, 4) is 5.75 Å². The van der Waals surface area contributed by atoms with E-state index in [4.69, 9.17) is 4.74 Å². The molecule has 6 nitrogen and oxygen atoms in total. The highest BCUT2D eigenvalue weighted by Crippen LogP contribution is 2.46. The average molecular weight is 418 g/mol. The smallest absolute Gasteiger partial charge is 0.275 e. The molecule has 2 aromatic carbocycles. The van der Waals surface area contributed by atoms with Gasteiger partial charge in [0.15, 0.2) is 0 Å². The molecule has 3 aromatic rings. The highest BCUT2D eigenvalue weighted by Gasteiger charge is 2.42. The van der Waals surface area contributed by atoms with Crippen LogP contribution in [0.2, 0.25) is 0 Å². The summed E-state index contributed by atoms with van der Waals surface area (Å²) in [6.07, 6.45) is 7.94. The van der Waals surface area contributed by atoms with E-state index in [1.54, 1.807) is 19.2 Å². The van der Waals surface area contributed by atoms with E-state index in [1.807, 2.05) is 42.5 Å². The van der Waals surface area contributed by atoms with Crippen molar-refractivity contribution in [2.75, 3.05) is 0 Å². The number of aromatic nitrogens is 2. The van der Waals surface area contributed by atoms with Crippen molar-refractivity contribution < 1.29 is 9.53 Å². The summed E-state index contributed by atoms with van der Waals surface area (Å²) in [5.74, 6) is 0.646. The summed E-state index contributed by atoms with van der Waals surface area (Å²) >= 11 is 0. The Bertz CT molecular complexity index is 1180. The Morgan fingerprint density at radius 2 is 1.87 bits per heavy atom. The first kappa shape index (κ1) is 19.8. The zero-order valence-corrected chi connectivity index (χ0v) is 17.7. The predicted molar refractivity (Wildman–Crippen MR) is 119 cm³/mol. The minimum absolute atomic E-state index is 0.144. The molecule has 1 N–H and O–H groups in total. The number of hydrogen-bond donors (Lipinski definition) is 1. The van der Waals surface area contributed by atoms with Crippen LogP contribution in [-0.4, -0.2) is 21.3 Å². The number of carbonyl (C=O) groups is 1. The maximum absolute atomic E-state index is 13.2. The summed E-state index contributed by atoms with van der Waals surface area (Å²) in [4.78, 5) is 26.1. The summed E-state index contributed by atoms with van der Waals surface area (Å²) in [6.45, 7) is 1.72. The van der Waals surface area contributed by atoms with Crippen molar-refractivity contribution in [1.29, 1.82) is 0 Å². The molecule has 0 radical (unpaired) electrons. The van der Waals surface area contributed by atoms with Crippen LogP contribution in [0.25, 0.3) is 10.8 Å². The third kappa shape index (κ3) is 3.60. The summed E-state index contributed by atoms with van der Waals surface area (Å²) in [6, 6.07) is 14.4. The molecule has 1 saturated carbocycles. The quantitative estimate of drug-likeness (QED) is 0.690. The second kappa shape index (κ2) is 7.84. The number of hydrogen-bond acceptors (Lipinski definition) is 4. The Hall–Kier alpha value is -3.15. The lowest BCUT2D eigenvalue weighted by atomic mass is 9.77. The monoisotopic (exact) mass is 417 g/mol. The van der Waals surface area contributed by atoms with Crippen molar-refractivity contribution >= 4 is 16.7 Å². The Morgan fingerprint density at radius 1 is 1.13 bits per heavy atom. The third-order valence-corrected chi connectivity index (χ3v) is 6.75. The lowest BCUT2D eigenvalue weighted by molar-refractivity contribution is -0.125. The number of fused-ring (bicyclic) bond motifs is 2. The van der Waals surface area contributed by atoms with Crippen LogP contribution in [0.5, 0.6) is 5.75 Å². The van der Waals surface area contributed by atoms with Crippen molar-refractivity contribution in [3.63, 3.8) is 0 Å². The van der Waals surface area contributed by atoms with Crippen LogP contribution >= 0.6 is 0 Å². The molecule has 0 unspecified atom stereocenters. The highest BCUT2D eigenvalue weighted by molar-refractivity contribution is 5.83. The molecule has 31 heavy (non-hydrogen) atoms. The SMILES string of the molecule is C[C@H](C(=O)N[C@H]1CC2(CCCCC2)Oc2ccccc21)n1ncc2ccccc2c1=O. The van der Waals surface area contributed by atoms with Crippen LogP contribution < -0.4 is 15.6 Å². The van der Waals surface area contributed by atoms with Crippen molar-refractivity contribution in [3.05, 3.63) is 70.6 Å². The second-order valence-corrected chi connectivity index (χ2v) is 8.81. The first-order chi connectivity index (χ1) is 15.1. The molecule has 0 bridgehead atoms. The van der Waals surface area contributed by atoms with Gasteiger partial charge in [0, 0.05) is 17.4 Å². The number of amides is 1. The molecule has 1 aliphatic carbocycles. The molecule has 1 spiro atoms. The third-order valence-electron chi connectivity index (χ3n) is 6.75. The number of nitrogens with one attached hydrogen (secondary N) is 1. The van der Waals surface area contributed by atoms with E-state index < -0.39 is 6.04 Å². The molecular weight excluding hydrogens is 390 g/mol. The van der Waals surface area contributed by atoms with Gasteiger partial charge in [-0.15, -0.1) is 0 Å². The molecule has 6 heteroatoms. The second-order valence-electron chi connectivity index (χ2n) is 8.81. The van der Waals surface area contributed by atoms with Gasteiger partial charge in [-0.05, 0) is 44.7 Å². The maximum Gasteiger partial charge on any atom is 0.275 e. The number of nitrogens with zero attached hydrogens (tertiary/aromatic N) is 2. The molecule has 1 amide bonds. The number of benzene rings is 2. The van der Waals surface area contributed by atoms with Crippen LogP contribution in [0.3, 0.4) is 0 Å². The first-order valence-electron chi connectivity index (χ1n) is 11.1. The molecule has 0 saturated heterocycles. The molecule has 2 aliphatic rings. The lowest BCUT2D eigenvalue weighted by Crippen LogP contribution is -2.47. The summed E-state index contributed by atoms with van der Waals surface area (Å²) in [5, 5.41) is 8.81. The van der Waals surface area contributed by atoms with Gasteiger partial charge in [0.2, 0.25) is 5.91 Å². The van der Waals surface area contributed by atoms with Crippen LogP contribution in [0.4, 0.5) is 0 Å². The summed E-state index contributed by atoms with van der Waals surface area (Å²) < 4.78 is 7.74. The molecule has 2 atom stereocenters. The average Bonchev–Trinajstić information content (AvgIpc) is 2.79. The lowest BCUT2D eigenvalue weighted by Gasteiger charge is -2.44. The number of ether oxygens (including phenoxy) is 1. The number of rotatable bonds is 3. The van der Waals surface area contributed by atoms with E-state index in [9.17, 15) is 9.59 Å². The fourth-order valence-corrected chi connectivity index (χ4v) is 5.03. The largest absolute Gasteiger partial charge is 0.487 e. The Morgan fingerprint density at radius 3 is 2.71 bits per heavy atom. The van der Waals surface area contributed by atoms with Crippen LogP contribution in [0, 0.1) is 0 Å². The van der Waals surface area contributed by atoms with E-state index in [2.05, 4.69) is 10.4 Å². The van der Waals surface area contributed by atoms with Gasteiger partial charge in [0.25, 0.3) is 5.56 Å². The van der Waals surface area contributed by atoms with Gasteiger partial charge in [-0.2, -0.15) is 5.10 Å². The molecule has 2 heterocycles. The topological polar surface area (TPSA) is 73.2 Å². The van der Waals surface area contributed by atoms with Crippen LogP contribution in [0.15, 0.2) is 59.5 Å². The highest BCUT2D eigenvalue weighted by atomic mass is 16.5. The van der Waals surface area contributed by atoms with Gasteiger partial charge < -0.3 is 10.1 Å². The van der Waals surface area contributed by atoms with E-state index >= 15 is 0 Å². The molecule has 1 fully saturated rings. The van der Waals surface area contributed by atoms with E-state index in [0.717, 1.165) is 48.8 Å². The molecular formula is C25H27N3O3. The normalized spacial score (nSPS) is 20.6. The van der Waals surface area contributed by atoms with Crippen molar-refractivity contribution in [1.82, 2.24) is 15.1 Å². The number of carbonyl (C=O) groups excluding carboxylic acids is 1. The van der Waals surface area contributed by atoms with Gasteiger partial charge in [0.1, 0.15) is 17.4 Å². The van der Waals surface area contributed by atoms with Gasteiger partial charge in [0.05, 0.1) is 17.6 Å². The van der Waals surface area contributed by atoms with Crippen molar-refractivity contribution in [2.24, 2.45) is 0 Å². The standard InChI is InChI=1S/C25H27N3O3/c1-17(28-24(30)19-10-4-3-9-18(19)16-26-28)23(29)27-21-15-25(13-7-2-8-14-25)31-22-12-6-5-11-20(21)22/h3-6,9-12,16-17,21H,2,7-8,13-15H2,1H3,(H,27,29)/t17-,21+/m1/s1. The fraction of sp³-hybridized carbons (Fsp3) is 0.400.